The Morgan fingerprint density at radius 1 is 1.11 bits per heavy atom. The second-order valence-corrected chi connectivity index (χ2v) is 5.03. The van der Waals surface area contributed by atoms with Crippen LogP contribution in [0.3, 0.4) is 0 Å². The predicted octanol–water partition coefficient (Wildman–Crippen LogP) is 4.43. The first kappa shape index (κ1) is 13.9. The molecule has 0 saturated heterocycles. The molecule has 0 amide bonds. The minimum Gasteiger partial charge on any atom is -0.372 e. The molecule has 100 valence electrons. The summed E-state index contributed by atoms with van der Waals surface area (Å²) < 4.78 is 0.961. The van der Waals surface area contributed by atoms with Crippen LogP contribution < -0.4 is 10.2 Å². The van der Waals surface area contributed by atoms with Crippen molar-refractivity contribution in [2.75, 3.05) is 23.3 Å². The Hall–Kier alpha value is -1.55. The zero-order chi connectivity index (χ0) is 13.7. The van der Waals surface area contributed by atoms with Gasteiger partial charge in [0.1, 0.15) is 5.82 Å². The van der Waals surface area contributed by atoms with E-state index in [1.807, 2.05) is 12.1 Å². The summed E-state index contributed by atoms with van der Waals surface area (Å²) in [5.41, 5.74) is 2.28. The lowest BCUT2D eigenvalue weighted by atomic mass is 10.2. The van der Waals surface area contributed by atoms with E-state index in [2.05, 4.69) is 69.2 Å². The monoisotopic (exact) mass is 319 g/mol. The molecule has 0 saturated carbocycles. The standard InChI is InChI=1S/C15H18BrN3/c1-3-19(4-2)13-9-7-12(8-10-13)18-15-14(16)6-5-11-17-15/h5-11H,3-4H2,1-2H3,(H,17,18). The molecule has 2 aromatic rings. The summed E-state index contributed by atoms with van der Waals surface area (Å²) in [7, 11) is 0. The number of hydrogen-bond donors (Lipinski definition) is 1. The minimum atomic E-state index is 0.832. The van der Waals surface area contributed by atoms with E-state index in [0.29, 0.717) is 0 Å². The second kappa shape index (κ2) is 6.57. The van der Waals surface area contributed by atoms with Crippen molar-refractivity contribution in [2.45, 2.75) is 13.8 Å². The van der Waals surface area contributed by atoms with Gasteiger partial charge in [-0.3, -0.25) is 0 Å². The number of nitrogens with zero attached hydrogens (tertiary/aromatic N) is 2. The molecule has 1 heterocycles. The van der Waals surface area contributed by atoms with Crippen molar-refractivity contribution in [3.05, 3.63) is 47.1 Å². The van der Waals surface area contributed by atoms with Crippen molar-refractivity contribution < 1.29 is 0 Å². The summed E-state index contributed by atoms with van der Waals surface area (Å²) >= 11 is 3.48. The van der Waals surface area contributed by atoms with E-state index in [9.17, 15) is 0 Å². The summed E-state index contributed by atoms with van der Waals surface area (Å²) in [6.07, 6.45) is 1.78. The predicted molar refractivity (Wildman–Crippen MR) is 85.2 cm³/mol. The molecule has 1 aromatic carbocycles. The molecule has 0 radical (unpaired) electrons. The average molecular weight is 320 g/mol. The van der Waals surface area contributed by atoms with Crippen LogP contribution in [-0.4, -0.2) is 18.1 Å². The van der Waals surface area contributed by atoms with Crippen LogP contribution in [0.4, 0.5) is 17.2 Å². The SMILES string of the molecule is CCN(CC)c1ccc(Nc2ncccc2Br)cc1. The maximum Gasteiger partial charge on any atom is 0.144 e. The molecule has 0 fully saturated rings. The minimum absolute atomic E-state index is 0.832. The Kier molecular flexibility index (Phi) is 4.80. The topological polar surface area (TPSA) is 28.2 Å². The molecule has 1 N–H and O–H groups in total. The fraction of sp³-hybridized carbons (Fsp3) is 0.267. The highest BCUT2D eigenvalue weighted by atomic mass is 79.9. The molecule has 0 bridgehead atoms. The molecule has 0 aliphatic heterocycles. The van der Waals surface area contributed by atoms with E-state index in [0.717, 1.165) is 29.1 Å². The van der Waals surface area contributed by atoms with Crippen LogP contribution in [0.25, 0.3) is 0 Å². The van der Waals surface area contributed by atoms with Gasteiger partial charge in [-0.25, -0.2) is 4.98 Å². The molecule has 19 heavy (non-hydrogen) atoms. The number of anilines is 3. The molecule has 4 heteroatoms. The molecular weight excluding hydrogens is 302 g/mol. The van der Waals surface area contributed by atoms with Crippen LogP contribution in [0.15, 0.2) is 47.1 Å². The van der Waals surface area contributed by atoms with Crippen molar-refractivity contribution in [1.29, 1.82) is 0 Å². The van der Waals surface area contributed by atoms with Crippen molar-refractivity contribution in [1.82, 2.24) is 4.98 Å². The number of rotatable bonds is 5. The molecule has 2 rings (SSSR count). The lowest BCUT2D eigenvalue weighted by molar-refractivity contribution is 0.866. The van der Waals surface area contributed by atoms with Gasteiger partial charge in [0, 0.05) is 30.7 Å². The van der Waals surface area contributed by atoms with E-state index in [-0.39, 0.29) is 0 Å². The van der Waals surface area contributed by atoms with Gasteiger partial charge in [0.05, 0.1) is 4.47 Å². The highest BCUT2D eigenvalue weighted by Gasteiger charge is 2.03. The van der Waals surface area contributed by atoms with E-state index in [1.165, 1.54) is 5.69 Å². The van der Waals surface area contributed by atoms with Crippen molar-refractivity contribution in [2.24, 2.45) is 0 Å². The molecule has 1 aromatic heterocycles. The highest BCUT2D eigenvalue weighted by molar-refractivity contribution is 9.10. The molecule has 0 spiro atoms. The number of benzene rings is 1. The van der Waals surface area contributed by atoms with E-state index in [1.54, 1.807) is 6.20 Å². The van der Waals surface area contributed by atoms with Gasteiger partial charge in [0.25, 0.3) is 0 Å². The Morgan fingerprint density at radius 2 is 1.79 bits per heavy atom. The third-order valence-electron chi connectivity index (χ3n) is 3.02. The van der Waals surface area contributed by atoms with E-state index < -0.39 is 0 Å². The Morgan fingerprint density at radius 3 is 2.37 bits per heavy atom. The molecule has 0 aliphatic rings. The van der Waals surface area contributed by atoms with Crippen LogP contribution in [0, 0.1) is 0 Å². The van der Waals surface area contributed by atoms with Gasteiger partial charge in [-0.15, -0.1) is 0 Å². The van der Waals surface area contributed by atoms with E-state index in [4.69, 9.17) is 0 Å². The summed E-state index contributed by atoms with van der Waals surface area (Å²) in [4.78, 5) is 6.61. The average Bonchev–Trinajstić information content (AvgIpc) is 2.44. The maximum absolute atomic E-state index is 4.30. The number of aromatic nitrogens is 1. The van der Waals surface area contributed by atoms with Crippen LogP contribution in [-0.2, 0) is 0 Å². The number of pyridine rings is 1. The largest absolute Gasteiger partial charge is 0.372 e. The Bertz CT molecular complexity index is 521. The second-order valence-electron chi connectivity index (χ2n) is 4.18. The van der Waals surface area contributed by atoms with Crippen LogP contribution in [0.2, 0.25) is 0 Å². The van der Waals surface area contributed by atoms with Gasteiger partial charge >= 0.3 is 0 Å². The maximum atomic E-state index is 4.30. The first-order chi connectivity index (χ1) is 9.24. The third-order valence-corrected chi connectivity index (χ3v) is 3.66. The van der Waals surface area contributed by atoms with Gasteiger partial charge in [-0.1, -0.05) is 0 Å². The highest BCUT2D eigenvalue weighted by Crippen LogP contribution is 2.24. The summed E-state index contributed by atoms with van der Waals surface area (Å²) in [6, 6.07) is 12.3. The fourth-order valence-corrected chi connectivity index (χ4v) is 2.31. The van der Waals surface area contributed by atoms with Gasteiger partial charge in [0.2, 0.25) is 0 Å². The van der Waals surface area contributed by atoms with Gasteiger partial charge in [0.15, 0.2) is 0 Å². The fourth-order valence-electron chi connectivity index (χ4n) is 1.96. The zero-order valence-electron chi connectivity index (χ0n) is 11.2. The Labute approximate surface area is 122 Å². The lowest BCUT2D eigenvalue weighted by Gasteiger charge is -2.21. The molecular formula is C15H18BrN3. The zero-order valence-corrected chi connectivity index (χ0v) is 12.8. The quantitative estimate of drug-likeness (QED) is 0.883. The first-order valence-corrected chi connectivity index (χ1v) is 7.26. The first-order valence-electron chi connectivity index (χ1n) is 6.47. The number of hydrogen-bond acceptors (Lipinski definition) is 3. The van der Waals surface area contributed by atoms with Crippen LogP contribution >= 0.6 is 15.9 Å². The van der Waals surface area contributed by atoms with Gasteiger partial charge in [-0.2, -0.15) is 0 Å². The normalized spacial score (nSPS) is 10.3. The smallest absolute Gasteiger partial charge is 0.144 e. The van der Waals surface area contributed by atoms with Crippen molar-refractivity contribution >= 4 is 33.1 Å². The van der Waals surface area contributed by atoms with Gasteiger partial charge in [-0.05, 0) is 66.2 Å². The lowest BCUT2D eigenvalue weighted by Crippen LogP contribution is -2.21. The van der Waals surface area contributed by atoms with E-state index >= 15 is 0 Å². The molecule has 0 unspecified atom stereocenters. The summed E-state index contributed by atoms with van der Waals surface area (Å²) in [5.74, 6) is 0.832. The summed E-state index contributed by atoms with van der Waals surface area (Å²) in [5, 5.41) is 3.30. The molecule has 0 atom stereocenters. The van der Waals surface area contributed by atoms with Crippen LogP contribution in [0.5, 0.6) is 0 Å². The van der Waals surface area contributed by atoms with Crippen molar-refractivity contribution in [3.63, 3.8) is 0 Å². The molecule has 0 aliphatic carbocycles. The van der Waals surface area contributed by atoms with Gasteiger partial charge < -0.3 is 10.2 Å². The summed E-state index contributed by atoms with van der Waals surface area (Å²) in [6.45, 7) is 6.38. The number of halogens is 1. The molecule has 3 nitrogen and oxygen atoms in total. The number of nitrogens with one attached hydrogen (secondary N) is 1. The van der Waals surface area contributed by atoms with Crippen LogP contribution in [0.1, 0.15) is 13.8 Å². The third kappa shape index (κ3) is 3.47. The Balaban J connectivity index is 2.13. The van der Waals surface area contributed by atoms with Crippen molar-refractivity contribution in [3.8, 4) is 0 Å².